The van der Waals surface area contributed by atoms with Crippen molar-refractivity contribution in [3.05, 3.63) is 88.1 Å². The lowest BCUT2D eigenvalue weighted by Crippen LogP contribution is -2.35. The van der Waals surface area contributed by atoms with Crippen molar-refractivity contribution in [2.24, 2.45) is 5.92 Å². The van der Waals surface area contributed by atoms with E-state index in [-0.39, 0.29) is 25.2 Å². The van der Waals surface area contributed by atoms with Crippen LogP contribution < -0.4 is 5.69 Å². The van der Waals surface area contributed by atoms with Crippen molar-refractivity contribution in [1.82, 2.24) is 14.9 Å². The molecule has 0 aliphatic carbocycles. The Balaban J connectivity index is 1.86. The standard InChI is InChI=1S/C24H23N3O6/c1-15(22(29)30)11-12-27(21(28)19-13-20(23(31)32)26-24(33)25-19)14-16-7-9-18(10-8-16)17-5-3-2-4-6-17/h2-10,13,15H,11-12,14H2,1H3,(H,29,30)(H,31,32)(H,25,26,33). The van der Waals surface area contributed by atoms with Crippen LogP contribution >= 0.6 is 0 Å². The van der Waals surface area contributed by atoms with Gasteiger partial charge in [-0.3, -0.25) is 14.6 Å². The van der Waals surface area contributed by atoms with Gasteiger partial charge in [-0.05, 0) is 23.1 Å². The molecule has 0 aliphatic rings. The average Bonchev–Trinajstić information content (AvgIpc) is 2.81. The van der Waals surface area contributed by atoms with Gasteiger partial charge in [-0.25, -0.2) is 9.59 Å². The summed E-state index contributed by atoms with van der Waals surface area (Å²) in [6, 6.07) is 18.3. The monoisotopic (exact) mass is 449 g/mol. The largest absolute Gasteiger partial charge is 0.481 e. The molecular weight excluding hydrogens is 426 g/mol. The van der Waals surface area contributed by atoms with Crippen molar-refractivity contribution in [2.45, 2.75) is 19.9 Å². The molecule has 0 saturated heterocycles. The summed E-state index contributed by atoms with van der Waals surface area (Å²) in [5.74, 6) is -3.74. The van der Waals surface area contributed by atoms with Crippen LogP contribution in [0.25, 0.3) is 11.1 Å². The van der Waals surface area contributed by atoms with E-state index >= 15 is 0 Å². The molecule has 9 heteroatoms. The van der Waals surface area contributed by atoms with Crippen molar-refractivity contribution in [3.63, 3.8) is 0 Å². The Morgan fingerprint density at radius 1 is 1.00 bits per heavy atom. The molecule has 0 spiro atoms. The minimum Gasteiger partial charge on any atom is -0.481 e. The first-order valence-corrected chi connectivity index (χ1v) is 10.3. The van der Waals surface area contributed by atoms with E-state index in [2.05, 4.69) is 9.97 Å². The molecule has 0 radical (unpaired) electrons. The summed E-state index contributed by atoms with van der Waals surface area (Å²) in [5, 5.41) is 18.3. The fourth-order valence-corrected chi connectivity index (χ4v) is 3.22. The van der Waals surface area contributed by atoms with Crippen LogP contribution in [0.1, 0.15) is 39.9 Å². The van der Waals surface area contributed by atoms with Crippen LogP contribution in [0.5, 0.6) is 0 Å². The minimum absolute atomic E-state index is 0.0869. The van der Waals surface area contributed by atoms with Gasteiger partial charge in [0.1, 0.15) is 11.4 Å². The molecule has 0 saturated carbocycles. The first kappa shape index (κ1) is 23.4. The number of nitrogens with one attached hydrogen (secondary N) is 1. The van der Waals surface area contributed by atoms with Crippen LogP contribution in [0.15, 0.2) is 65.5 Å². The SMILES string of the molecule is CC(CCN(Cc1ccc(-c2ccccc2)cc1)C(=O)c1cc(C(=O)O)[nH]c(=O)n1)C(=O)O. The molecule has 2 aromatic carbocycles. The molecule has 1 heterocycles. The number of aromatic carboxylic acids is 1. The number of amides is 1. The topological polar surface area (TPSA) is 141 Å². The third-order valence-corrected chi connectivity index (χ3v) is 5.17. The number of rotatable bonds is 9. The number of carboxylic acid groups (broad SMARTS) is 2. The second-order valence-electron chi connectivity index (χ2n) is 7.61. The Kier molecular flexibility index (Phi) is 7.34. The van der Waals surface area contributed by atoms with E-state index in [9.17, 15) is 24.3 Å². The summed E-state index contributed by atoms with van der Waals surface area (Å²) in [5.41, 5.74) is 1.10. The van der Waals surface area contributed by atoms with Gasteiger partial charge in [0.15, 0.2) is 0 Å². The van der Waals surface area contributed by atoms with E-state index < -0.39 is 35.1 Å². The maximum atomic E-state index is 13.1. The molecule has 0 fully saturated rings. The number of nitrogens with zero attached hydrogens (tertiary/aromatic N) is 2. The number of carbonyl (C=O) groups excluding carboxylic acids is 1. The molecule has 1 atom stereocenters. The number of benzene rings is 2. The number of H-pyrrole nitrogens is 1. The van der Waals surface area contributed by atoms with Crippen LogP contribution in [0, 0.1) is 5.92 Å². The number of aromatic amines is 1. The van der Waals surface area contributed by atoms with E-state index in [0.29, 0.717) is 0 Å². The molecule has 3 rings (SSSR count). The number of aliphatic carboxylic acids is 1. The van der Waals surface area contributed by atoms with Gasteiger partial charge in [0.2, 0.25) is 0 Å². The van der Waals surface area contributed by atoms with E-state index in [1.54, 1.807) is 0 Å². The average molecular weight is 449 g/mol. The third kappa shape index (κ3) is 6.13. The summed E-state index contributed by atoms with van der Waals surface area (Å²) in [7, 11) is 0. The van der Waals surface area contributed by atoms with Crippen LogP contribution in [0.2, 0.25) is 0 Å². The van der Waals surface area contributed by atoms with Gasteiger partial charge in [0.25, 0.3) is 5.91 Å². The fraction of sp³-hybridized carbons (Fsp3) is 0.208. The zero-order chi connectivity index (χ0) is 24.0. The molecule has 1 aromatic heterocycles. The highest BCUT2D eigenvalue weighted by Gasteiger charge is 2.22. The lowest BCUT2D eigenvalue weighted by atomic mass is 10.0. The third-order valence-electron chi connectivity index (χ3n) is 5.17. The molecule has 3 N–H and O–H groups in total. The van der Waals surface area contributed by atoms with Gasteiger partial charge >= 0.3 is 17.6 Å². The first-order chi connectivity index (χ1) is 15.7. The van der Waals surface area contributed by atoms with Crippen molar-refractivity contribution < 1.29 is 24.6 Å². The fourth-order valence-electron chi connectivity index (χ4n) is 3.22. The van der Waals surface area contributed by atoms with Gasteiger partial charge in [-0.2, -0.15) is 4.98 Å². The van der Waals surface area contributed by atoms with Crippen LogP contribution in [-0.4, -0.2) is 49.5 Å². The van der Waals surface area contributed by atoms with Crippen molar-refractivity contribution >= 4 is 17.8 Å². The van der Waals surface area contributed by atoms with Gasteiger partial charge in [0, 0.05) is 19.2 Å². The normalized spacial score (nSPS) is 11.5. The Bertz CT molecular complexity index is 1200. The Morgan fingerprint density at radius 3 is 2.24 bits per heavy atom. The molecule has 1 amide bonds. The summed E-state index contributed by atoms with van der Waals surface area (Å²) >= 11 is 0. The molecular formula is C24H23N3O6. The summed E-state index contributed by atoms with van der Waals surface area (Å²) in [6.07, 6.45) is 0.179. The number of carbonyl (C=O) groups is 3. The highest BCUT2D eigenvalue weighted by molar-refractivity contribution is 5.95. The van der Waals surface area contributed by atoms with Gasteiger partial charge < -0.3 is 15.1 Å². The molecule has 9 nitrogen and oxygen atoms in total. The van der Waals surface area contributed by atoms with Gasteiger partial charge in [-0.15, -0.1) is 0 Å². The summed E-state index contributed by atoms with van der Waals surface area (Å²) in [6.45, 7) is 1.76. The predicted octanol–water partition coefficient (Wildman–Crippen LogP) is 2.89. The quantitative estimate of drug-likeness (QED) is 0.456. The molecule has 33 heavy (non-hydrogen) atoms. The summed E-state index contributed by atoms with van der Waals surface area (Å²) in [4.78, 5) is 54.4. The first-order valence-electron chi connectivity index (χ1n) is 10.3. The zero-order valence-electron chi connectivity index (χ0n) is 17.9. The molecule has 1 unspecified atom stereocenters. The van der Waals surface area contributed by atoms with Crippen LogP contribution in [0.3, 0.4) is 0 Å². The lowest BCUT2D eigenvalue weighted by molar-refractivity contribution is -0.141. The Hall–Kier alpha value is -4.27. The van der Waals surface area contributed by atoms with E-state index in [1.807, 2.05) is 54.6 Å². The lowest BCUT2D eigenvalue weighted by Gasteiger charge is -2.23. The van der Waals surface area contributed by atoms with Crippen molar-refractivity contribution in [2.75, 3.05) is 6.54 Å². The summed E-state index contributed by atoms with van der Waals surface area (Å²) < 4.78 is 0. The van der Waals surface area contributed by atoms with Crippen molar-refractivity contribution in [3.8, 4) is 11.1 Å². The van der Waals surface area contributed by atoms with E-state index in [1.165, 1.54) is 11.8 Å². The van der Waals surface area contributed by atoms with Gasteiger partial charge in [-0.1, -0.05) is 61.5 Å². The number of hydrogen-bond acceptors (Lipinski definition) is 5. The molecule has 170 valence electrons. The second kappa shape index (κ2) is 10.4. The maximum absolute atomic E-state index is 13.1. The van der Waals surface area contributed by atoms with Crippen LogP contribution in [-0.2, 0) is 11.3 Å². The second-order valence-corrected chi connectivity index (χ2v) is 7.61. The minimum atomic E-state index is -1.40. The van der Waals surface area contributed by atoms with Gasteiger partial charge in [0.05, 0.1) is 5.92 Å². The van der Waals surface area contributed by atoms with Crippen molar-refractivity contribution in [1.29, 1.82) is 0 Å². The Morgan fingerprint density at radius 2 is 1.64 bits per heavy atom. The molecule has 3 aromatic rings. The molecule has 0 bridgehead atoms. The number of carboxylic acids is 2. The van der Waals surface area contributed by atoms with E-state index in [4.69, 9.17) is 5.11 Å². The Labute approximate surface area is 189 Å². The number of hydrogen-bond donors (Lipinski definition) is 3. The maximum Gasteiger partial charge on any atom is 0.352 e. The molecule has 0 aliphatic heterocycles. The highest BCUT2D eigenvalue weighted by Crippen LogP contribution is 2.20. The van der Waals surface area contributed by atoms with Crippen LogP contribution in [0.4, 0.5) is 0 Å². The zero-order valence-corrected chi connectivity index (χ0v) is 17.9. The smallest absolute Gasteiger partial charge is 0.352 e. The number of aromatic nitrogens is 2. The predicted molar refractivity (Wildman–Crippen MR) is 120 cm³/mol. The highest BCUT2D eigenvalue weighted by atomic mass is 16.4. The van der Waals surface area contributed by atoms with E-state index in [0.717, 1.165) is 22.8 Å².